The van der Waals surface area contributed by atoms with Crippen molar-refractivity contribution in [1.82, 2.24) is 0 Å². The zero-order chi connectivity index (χ0) is 7.78. The monoisotopic (exact) mass is 139 g/mol. The Morgan fingerprint density at radius 3 is 2.40 bits per heavy atom. The van der Waals surface area contributed by atoms with Gasteiger partial charge in [-0.1, -0.05) is 11.1 Å². The number of hydrogen-bond donors (Lipinski definition) is 1. The Balaban J connectivity index is 2.89. The first-order valence-corrected chi connectivity index (χ1v) is 4.00. The highest BCUT2D eigenvalue weighted by atomic mass is 14.7. The van der Waals surface area contributed by atoms with E-state index in [9.17, 15) is 0 Å². The lowest BCUT2D eigenvalue weighted by molar-refractivity contribution is 0.452. The lowest BCUT2D eigenvalue weighted by Gasteiger charge is -2.32. The smallest absolute Gasteiger partial charge is 0.0340 e. The van der Waals surface area contributed by atoms with E-state index in [2.05, 4.69) is 20.8 Å². The molecule has 58 valence electrons. The Kier molecular flexibility index (Phi) is 1.86. The molecule has 0 saturated carbocycles. The van der Waals surface area contributed by atoms with Crippen molar-refractivity contribution in [3.63, 3.8) is 0 Å². The van der Waals surface area contributed by atoms with Gasteiger partial charge in [0, 0.05) is 5.54 Å². The van der Waals surface area contributed by atoms with E-state index in [-0.39, 0.29) is 5.54 Å². The third-order valence-corrected chi connectivity index (χ3v) is 2.74. The molecule has 2 N–H and O–H groups in total. The van der Waals surface area contributed by atoms with Crippen LogP contribution in [0.3, 0.4) is 0 Å². The first-order valence-electron chi connectivity index (χ1n) is 4.00. The largest absolute Gasteiger partial charge is 0.322 e. The molecule has 1 rings (SSSR count). The molecule has 0 bridgehead atoms. The van der Waals surface area contributed by atoms with Crippen molar-refractivity contribution in [3.05, 3.63) is 11.1 Å². The lowest BCUT2D eigenvalue weighted by Crippen LogP contribution is -2.39. The van der Waals surface area contributed by atoms with Crippen LogP contribution in [-0.4, -0.2) is 5.54 Å². The Morgan fingerprint density at radius 2 is 2.00 bits per heavy atom. The summed E-state index contributed by atoms with van der Waals surface area (Å²) in [4.78, 5) is 0. The third-order valence-electron chi connectivity index (χ3n) is 2.74. The number of nitrogens with two attached hydrogens (primary N) is 1. The van der Waals surface area contributed by atoms with Crippen molar-refractivity contribution in [2.75, 3.05) is 0 Å². The van der Waals surface area contributed by atoms with Gasteiger partial charge in [-0.15, -0.1) is 0 Å². The highest BCUT2D eigenvalue weighted by molar-refractivity contribution is 5.24. The summed E-state index contributed by atoms with van der Waals surface area (Å²) < 4.78 is 0. The van der Waals surface area contributed by atoms with Crippen LogP contribution in [0.1, 0.15) is 40.0 Å². The summed E-state index contributed by atoms with van der Waals surface area (Å²) in [7, 11) is 0. The molecule has 0 aromatic heterocycles. The van der Waals surface area contributed by atoms with E-state index in [0.29, 0.717) is 0 Å². The fraction of sp³-hybridized carbons (Fsp3) is 0.778. The van der Waals surface area contributed by atoms with E-state index in [0.717, 1.165) is 6.42 Å². The van der Waals surface area contributed by atoms with Crippen LogP contribution in [0.15, 0.2) is 11.1 Å². The van der Waals surface area contributed by atoms with Gasteiger partial charge in [0.25, 0.3) is 0 Å². The Hall–Kier alpha value is -0.300. The predicted octanol–water partition coefficient (Wildman–Crippen LogP) is 2.22. The lowest BCUT2D eigenvalue weighted by atomic mass is 9.80. The summed E-state index contributed by atoms with van der Waals surface area (Å²) >= 11 is 0. The van der Waals surface area contributed by atoms with Gasteiger partial charge in [0.2, 0.25) is 0 Å². The Bertz CT molecular complexity index is 166. The first-order chi connectivity index (χ1) is 4.54. The van der Waals surface area contributed by atoms with Crippen LogP contribution >= 0.6 is 0 Å². The average Bonchev–Trinajstić information content (AvgIpc) is 1.83. The third kappa shape index (κ3) is 1.24. The normalized spacial score (nSPS) is 34.8. The van der Waals surface area contributed by atoms with Crippen LogP contribution in [0.2, 0.25) is 0 Å². The second-order valence-electron chi connectivity index (χ2n) is 3.68. The molecule has 1 heteroatoms. The molecule has 1 aliphatic rings. The van der Waals surface area contributed by atoms with Crippen LogP contribution < -0.4 is 5.73 Å². The van der Waals surface area contributed by atoms with E-state index in [1.165, 1.54) is 24.0 Å². The zero-order valence-corrected chi connectivity index (χ0v) is 7.20. The summed E-state index contributed by atoms with van der Waals surface area (Å²) in [5.74, 6) is 0. The number of allylic oxidation sites excluding steroid dienone is 1. The molecule has 0 saturated heterocycles. The van der Waals surface area contributed by atoms with Gasteiger partial charge in [-0.2, -0.15) is 0 Å². The molecule has 10 heavy (non-hydrogen) atoms. The van der Waals surface area contributed by atoms with Crippen LogP contribution in [0.5, 0.6) is 0 Å². The molecule has 0 spiro atoms. The SMILES string of the molecule is CC1=C(C)C(C)(N)CCC1. The topological polar surface area (TPSA) is 26.0 Å². The van der Waals surface area contributed by atoms with E-state index >= 15 is 0 Å². The van der Waals surface area contributed by atoms with Crippen LogP contribution in [-0.2, 0) is 0 Å². The molecule has 0 aromatic rings. The summed E-state index contributed by atoms with van der Waals surface area (Å²) in [6.07, 6.45) is 3.66. The van der Waals surface area contributed by atoms with Crippen molar-refractivity contribution in [2.45, 2.75) is 45.6 Å². The van der Waals surface area contributed by atoms with Gasteiger partial charge in [0.1, 0.15) is 0 Å². The number of rotatable bonds is 0. The molecule has 0 heterocycles. The summed E-state index contributed by atoms with van der Waals surface area (Å²) in [6.45, 7) is 6.49. The van der Waals surface area contributed by atoms with Crippen molar-refractivity contribution in [2.24, 2.45) is 5.73 Å². The average molecular weight is 139 g/mol. The second kappa shape index (κ2) is 2.39. The molecule has 0 aliphatic heterocycles. The minimum atomic E-state index is -0.0116. The highest BCUT2D eigenvalue weighted by Gasteiger charge is 2.25. The molecular formula is C9H17N. The Morgan fingerprint density at radius 1 is 1.40 bits per heavy atom. The molecule has 0 aromatic carbocycles. The van der Waals surface area contributed by atoms with Gasteiger partial charge in [-0.3, -0.25) is 0 Å². The standard InChI is InChI=1S/C9H17N/c1-7-5-4-6-9(3,10)8(7)2/h4-6,10H2,1-3H3. The van der Waals surface area contributed by atoms with Crippen molar-refractivity contribution in [3.8, 4) is 0 Å². The van der Waals surface area contributed by atoms with Crippen LogP contribution in [0.4, 0.5) is 0 Å². The van der Waals surface area contributed by atoms with Gasteiger partial charge in [-0.25, -0.2) is 0 Å². The van der Waals surface area contributed by atoms with Gasteiger partial charge in [0.15, 0.2) is 0 Å². The van der Waals surface area contributed by atoms with E-state index in [4.69, 9.17) is 5.73 Å². The summed E-state index contributed by atoms with van der Waals surface area (Å²) in [5.41, 5.74) is 8.94. The molecule has 1 atom stereocenters. The maximum absolute atomic E-state index is 6.05. The highest BCUT2D eigenvalue weighted by Crippen LogP contribution is 2.30. The minimum Gasteiger partial charge on any atom is -0.322 e. The molecule has 1 aliphatic carbocycles. The zero-order valence-electron chi connectivity index (χ0n) is 7.20. The van der Waals surface area contributed by atoms with E-state index < -0.39 is 0 Å². The second-order valence-corrected chi connectivity index (χ2v) is 3.68. The molecule has 1 nitrogen and oxygen atoms in total. The van der Waals surface area contributed by atoms with Crippen molar-refractivity contribution >= 4 is 0 Å². The summed E-state index contributed by atoms with van der Waals surface area (Å²) in [5, 5.41) is 0. The quantitative estimate of drug-likeness (QED) is 0.512. The van der Waals surface area contributed by atoms with Crippen molar-refractivity contribution in [1.29, 1.82) is 0 Å². The molecule has 0 radical (unpaired) electrons. The first kappa shape index (κ1) is 7.80. The maximum atomic E-state index is 6.05. The number of hydrogen-bond acceptors (Lipinski definition) is 1. The van der Waals surface area contributed by atoms with Crippen molar-refractivity contribution < 1.29 is 0 Å². The van der Waals surface area contributed by atoms with Gasteiger partial charge < -0.3 is 5.73 Å². The maximum Gasteiger partial charge on any atom is 0.0340 e. The fourth-order valence-electron chi connectivity index (χ4n) is 1.58. The van der Waals surface area contributed by atoms with E-state index in [1.54, 1.807) is 0 Å². The van der Waals surface area contributed by atoms with Crippen LogP contribution in [0, 0.1) is 0 Å². The summed E-state index contributed by atoms with van der Waals surface area (Å²) in [6, 6.07) is 0. The molecule has 0 amide bonds. The molecular weight excluding hydrogens is 122 g/mol. The minimum absolute atomic E-state index is 0.0116. The molecule has 1 unspecified atom stereocenters. The van der Waals surface area contributed by atoms with Gasteiger partial charge in [-0.05, 0) is 40.0 Å². The van der Waals surface area contributed by atoms with Gasteiger partial charge >= 0.3 is 0 Å². The fourth-order valence-corrected chi connectivity index (χ4v) is 1.58. The van der Waals surface area contributed by atoms with Crippen LogP contribution in [0.25, 0.3) is 0 Å². The van der Waals surface area contributed by atoms with Gasteiger partial charge in [0.05, 0.1) is 0 Å². The molecule has 0 fully saturated rings. The van der Waals surface area contributed by atoms with E-state index in [1.807, 2.05) is 0 Å². The predicted molar refractivity (Wildman–Crippen MR) is 44.8 cm³/mol. The Labute approximate surface area is 63.3 Å².